The van der Waals surface area contributed by atoms with Crippen LogP contribution in [0.2, 0.25) is 0 Å². The number of nitrogens with one attached hydrogen (secondary N) is 1. The molecule has 2 heterocycles. The van der Waals surface area contributed by atoms with E-state index < -0.39 is 0 Å². The van der Waals surface area contributed by atoms with Crippen LogP contribution in [0, 0.1) is 0 Å². The van der Waals surface area contributed by atoms with E-state index >= 15 is 0 Å². The van der Waals surface area contributed by atoms with E-state index in [9.17, 15) is 4.79 Å². The molecule has 3 aromatic rings. The Hall–Kier alpha value is -2.56. The molecule has 0 bridgehead atoms. The van der Waals surface area contributed by atoms with Crippen molar-refractivity contribution >= 4 is 16.7 Å². The summed E-state index contributed by atoms with van der Waals surface area (Å²) in [5, 5.41) is 0. The average Bonchev–Trinajstić information content (AvgIpc) is 2.66. The molecule has 17 heavy (non-hydrogen) atoms. The largest absolute Gasteiger partial charge is 0.399 e. The number of nitrogen functional groups attached to an aromatic ring is 1. The van der Waals surface area contributed by atoms with Crippen molar-refractivity contribution in [2.45, 2.75) is 0 Å². The Morgan fingerprint density at radius 2 is 1.94 bits per heavy atom. The number of nitrogens with two attached hydrogens (primary N) is 1. The van der Waals surface area contributed by atoms with Gasteiger partial charge in [-0.3, -0.25) is 9.55 Å². The Bertz CT molecular complexity index is 724. The third-order valence-electron chi connectivity index (χ3n) is 2.64. The first kappa shape index (κ1) is 9.65. The zero-order chi connectivity index (χ0) is 11.8. The summed E-state index contributed by atoms with van der Waals surface area (Å²) >= 11 is 0. The number of hydrogen-bond donors (Lipinski definition) is 2. The highest BCUT2D eigenvalue weighted by molar-refractivity contribution is 5.76. The number of pyridine rings is 1. The minimum Gasteiger partial charge on any atom is -0.399 e. The van der Waals surface area contributed by atoms with Gasteiger partial charge in [-0.2, -0.15) is 0 Å². The van der Waals surface area contributed by atoms with Gasteiger partial charge in [0.25, 0.3) is 0 Å². The fraction of sp³-hybridized carbons (Fsp3) is 0. The summed E-state index contributed by atoms with van der Waals surface area (Å²) in [4.78, 5) is 18.7. The van der Waals surface area contributed by atoms with Crippen LogP contribution in [0.25, 0.3) is 16.7 Å². The summed E-state index contributed by atoms with van der Waals surface area (Å²) in [6.07, 6.45) is 3.30. The first-order valence-corrected chi connectivity index (χ1v) is 5.16. The molecule has 0 aliphatic rings. The summed E-state index contributed by atoms with van der Waals surface area (Å²) in [6, 6.07) is 8.90. The molecule has 0 saturated carbocycles. The second-order valence-electron chi connectivity index (χ2n) is 3.75. The highest BCUT2D eigenvalue weighted by atomic mass is 16.1. The molecule has 0 radical (unpaired) electrons. The summed E-state index contributed by atoms with van der Waals surface area (Å²) < 4.78 is 1.57. The molecule has 5 heteroatoms. The molecule has 0 spiro atoms. The molecule has 5 nitrogen and oxygen atoms in total. The molecule has 2 aromatic heterocycles. The van der Waals surface area contributed by atoms with E-state index in [0.29, 0.717) is 5.69 Å². The van der Waals surface area contributed by atoms with Crippen LogP contribution >= 0.6 is 0 Å². The number of fused-ring (bicyclic) bond motifs is 1. The van der Waals surface area contributed by atoms with E-state index in [1.807, 2.05) is 0 Å². The molecule has 0 aliphatic heterocycles. The topological polar surface area (TPSA) is 76.7 Å². The summed E-state index contributed by atoms with van der Waals surface area (Å²) in [5.41, 5.74) is 8.39. The average molecular weight is 226 g/mol. The molecule has 3 rings (SSSR count). The van der Waals surface area contributed by atoms with Gasteiger partial charge >= 0.3 is 5.69 Å². The van der Waals surface area contributed by atoms with Gasteiger partial charge in [0.15, 0.2) is 0 Å². The number of anilines is 1. The van der Waals surface area contributed by atoms with E-state index in [2.05, 4.69) is 9.97 Å². The van der Waals surface area contributed by atoms with Gasteiger partial charge in [0.2, 0.25) is 0 Å². The van der Waals surface area contributed by atoms with Gasteiger partial charge in [-0.15, -0.1) is 0 Å². The van der Waals surface area contributed by atoms with Crippen molar-refractivity contribution < 1.29 is 0 Å². The maximum Gasteiger partial charge on any atom is 0.331 e. The minimum absolute atomic E-state index is 0.183. The van der Waals surface area contributed by atoms with E-state index in [-0.39, 0.29) is 5.69 Å². The Balaban J connectivity index is 2.33. The highest BCUT2D eigenvalue weighted by Crippen LogP contribution is 2.15. The summed E-state index contributed by atoms with van der Waals surface area (Å²) in [5.74, 6) is 0. The smallest absolute Gasteiger partial charge is 0.331 e. The highest BCUT2D eigenvalue weighted by Gasteiger charge is 2.07. The van der Waals surface area contributed by atoms with E-state index in [0.717, 1.165) is 16.7 Å². The molecule has 0 atom stereocenters. The van der Waals surface area contributed by atoms with E-state index in [1.165, 1.54) is 0 Å². The Labute approximate surface area is 96.5 Å². The molecular weight excluding hydrogens is 216 g/mol. The van der Waals surface area contributed by atoms with Crippen LogP contribution < -0.4 is 11.4 Å². The molecule has 0 fully saturated rings. The second kappa shape index (κ2) is 3.48. The Morgan fingerprint density at radius 3 is 2.71 bits per heavy atom. The number of imidazole rings is 1. The van der Waals surface area contributed by atoms with Crippen LogP contribution in [0.1, 0.15) is 0 Å². The SMILES string of the molecule is Nc1ccc(-n2c(=O)[nH]c3ccncc32)cc1. The maximum absolute atomic E-state index is 11.9. The molecule has 0 unspecified atom stereocenters. The van der Waals surface area contributed by atoms with Gasteiger partial charge in [-0.1, -0.05) is 0 Å². The van der Waals surface area contributed by atoms with Gasteiger partial charge in [0, 0.05) is 11.9 Å². The van der Waals surface area contributed by atoms with E-state index in [1.54, 1.807) is 47.3 Å². The number of H-pyrrole nitrogens is 1. The van der Waals surface area contributed by atoms with Crippen LogP contribution in [0.4, 0.5) is 5.69 Å². The number of aromatic nitrogens is 3. The molecule has 3 N–H and O–H groups in total. The minimum atomic E-state index is -0.183. The first-order valence-electron chi connectivity index (χ1n) is 5.16. The first-order chi connectivity index (χ1) is 8.25. The van der Waals surface area contributed by atoms with Crippen molar-refractivity contribution in [3.05, 3.63) is 53.2 Å². The maximum atomic E-state index is 11.9. The lowest BCUT2D eigenvalue weighted by Crippen LogP contribution is -2.14. The van der Waals surface area contributed by atoms with Crippen molar-refractivity contribution in [1.82, 2.24) is 14.5 Å². The molecular formula is C12H10N4O. The van der Waals surface area contributed by atoms with Gasteiger partial charge in [-0.25, -0.2) is 4.79 Å². The number of benzene rings is 1. The lowest BCUT2D eigenvalue weighted by atomic mass is 10.3. The molecule has 0 aliphatic carbocycles. The summed E-state index contributed by atoms with van der Waals surface area (Å²) in [7, 11) is 0. The van der Waals surface area contributed by atoms with Crippen molar-refractivity contribution in [2.24, 2.45) is 0 Å². The zero-order valence-corrected chi connectivity index (χ0v) is 8.92. The third kappa shape index (κ3) is 1.48. The van der Waals surface area contributed by atoms with Gasteiger partial charge in [0.05, 0.1) is 22.9 Å². The van der Waals surface area contributed by atoms with Crippen LogP contribution in [0.3, 0.4) is 0 Å². The van der Waals surface area contributed by atoms with Gasteiger partial charge < -0.3 is 10.7 Å². The monoisotopic (exact) mass is 226 g/mol. The summed E-state index contributed by atoms with van der Waals surface area (Å²) in [6.45, 7) is 0. The van der Waals surface area contributed by atoms with Crippen molar-refractivity contribution in [3.8, 4) is 5.69 Å². The number of hydrogen-bond acceptors (Lipinski definition) is 3. The van der Waals surface area contributed by atoms with Crippen LogP contribution in [0.5, 0.6) is 0 Å². The normalized spacial score (nSPS) is 10.8. The van der Waals surface area contributed by atoms with Crippen LogP contribution in [-0.2, 0) is 0 Å². The molecule has 1 aromatic carbocycles. The Morgan fingerprint density at radius 1 is 1.18 bits per heavy atom. The predicted octanol–water partition coefficient (Wildman–Crippen LogP) is 1.30. The zero-order valence-electron chi connectivity index (χ0n) is 8.92. The molecule has 0 amide bonds. The van der Waals surface area contributed by atoms with Crippen molar-refractivity contribution in [3.63, 3.8) is 0 Å². The quantitative estimate of drug-likeness (QED) is 0.614. The lowest BCUT2D eigenvalue weighted by Gasteiger charge is -2.02. The van der Waals surface area contributed by atoms with Crippen molar-refractivity contribution in [1.29, 1.82) is 0 Å². The number of aromatic amines is 1. The Kier molecular flexibility index (Phi) is 1.98. The number of rotatable bonds is 1. The standard InChI is InChI=1S/C12H10N4O/c13-8-1-3-9(4-2-8)16-11-7-14-6-5-10(11)15-12(16)17/h1-7H,13H2,(H,15,17). The van der Waals surface area contributed by atoms with Gasteiger partial charge in [-0.05, 0) is 30.3 Å². The predicted molar refractivity (Wildman–Crippen MR) is 66.1 cm³/mol. The fourth-order valence-electron chi connectivity index (χ4n) is 1.83. The second-order valence-corrected chi connectivity index (χ2v) is 3.75. The van der Waals surface area contributed by atoms with Gasteiger partial charge in [0.1, 0.15) is 0 Å². The van der Waals surface area contributed by atoms with Crippen molar-refractivity contribution in [2.75, 3.05) is 5.73 Å². The van der Waals surface area contributed by atoms with Crippen LogP contribution in [0.15, 0.2) is 47.5 Å². The lowest BCUT2D eigenvalue weighted by molar-refractivity contribution is 1.01. The molecule has 84 valence electrons. The van der Waals surface area contributed by atoms with E-state index in [4.69, 9.17) is 5.73 Å². The third-order valence-corrected chi connectivity index (χ3v) is 2.64. The molecule has 0 saturated heterocycles. The fourth-order valence-corrected chi connectivity index (χ4v) is 1.83. The number of nitrogens with zero attached hydrogens (tertiary/aromatic N) is 2. The van der Waals surface area contributed by atoms with Crippen LogP contribution in [-0.4, -0.2) is 14.5 Å².